The van der Waals surface area contributed by atoms with Gasteiger partial charge in [-0.3, -0.25) is 5.41 Å². The van der Waals surface area contributed by atoms with E-state index in [1.807, 2.05) is 0 Å². The van der Waals surface area contributed by atoms with Gasteiger partial charge in [0.2, 0.25) is 5.62 Å². The molecule has 0 amide bonds. The molecule has 1 aromatic rings. The average molecular weight is 275 g/mol. The Morgan fingerprint density at radius 1 is 0.700 bits per heavy atom. The minimum absolute atomic E-state index is 0.583. The summed E-state index contributed by atoms with van der Waals surface area (Å²) in [7, 11) is 0. The van der Waals surface area contributed by atoms with Gasteiger partial charge in [0.15, 0.2) is 0 Å². The minimum Gasteiger partial charge on any atom is -0.312 e. The molecule has 0 spiro atoms. The molecule has 3 heteroatoms. The van der Waals surface area contributed by atoms with Gasteiger partial charge in [-0.25, -0.2) is 0 Å². The highest BCUT2D eigenvalue weighted by Gasteiger charge is 2.25. The van der Waals surface area contributed by atoms with Crippen molar-refractivity contribution in [2.75, 3.05) is 0 Å². The fourth-order valence-corrected chi connectivity index (χ4v) is 4.35. The molecule has 0 radical (unpaired) electrons. The van der Waals surface area contributed by atoms with Crippen molar-refractivity contribution < 1.29 is 0 Å². The Hall–Kier alpha value is -0.990. The number of hydrogen-bond donors (Lipinski definition) is 1. The summed E-state index contributed by atoms with van der Waals surface area (Å²) < 4.78 is 4.70. The molecule has 2 fully saturated rings. The Bertz CT molecular complexity index is 467. The normalized spacial score (nSPS) is 22.3. The number of rotatable bonds is 2. The molecule has 20 heavy (non-hydrogen) atoms. The van der Waals surface area contributed by atoms with Crippen LogP contribution in [0.4, 0.5) is 0 Å². The molecule has 3 nitrogen and oxygen atoms in total. The van der Waals surface area contributed by atoms with Crippen LogP contribution in [-0.4, -0.2) is 9.13 Å². The van der Waals surface area contributed by atoms with E-state index in [0.29, 0.717) is 12.1 Å². The molecular weight excluding hydrogens is 246 g/mol. The van der Waals surface area contributed by atoms with E-state index in [-0.39, 0.29) is 0 Å². The van der Waals surface area contributed by atoms with Crippen LogP contribution in [0.1, 0.15) is 87.7 Å². The van der Waals surface area contributed by atoms with E-state index in [2.05, 4.69) is 23.0 Å². The van der Waals surface area contributed by atoms with Crippen LogP contribution >= 0.6 is 0 Å². The molecule has 0 atom stereocenters. The van der Waals surface area contributed by atoms with Crippen molar-refractivity contribution in [1.82, 2.24) is 9.13 Å². The van der Waals surface area contributed by atoms with Crippen LogP contribution in [0.15, 0.2) is 0 Å². The van der Waals surface area contributed by atoms with Gasteiger partial charge in [0.25, 0.3) is 0 Å². The van der Waals surface area contributed by atoms with Gasteiger partial charge in [-0.2, -0.15) is 0 Å². The average Bonchev–Trinajstić information content (AvgIpc) is 2.71. The predicted molar refractivity (Wildman–Crippen MR) is 82.0 cm³/mol. The predicted octanol–water partition coefficient (Wildman–Crippen LogP) is 4.40. The zero-order chi connectivity index (χ0) is 14.1. The molecule has 0 aromatic carbocycles. The lowest BCUT2D eigenvalue weighted by atomic mass is 9.95. The molecule has 1 aromatic heterocycles. The molecule has 1 heterocycles. The van der Waals surface area contributed by atoms with Gasteiger partial charge >= 0.3 is 0 Å². The van der Waals surface area contributed by atoms with Gasteiger partial charge in [-0.15, -0.1) is 0 Å². The van der Waals surface area contributed by atoms with Gasteiger partial charge in [0.05, 0.1) is 0 Å². The number of hydrogen-bond acceptors (Lipinski definition) is 1. The first-order valence-electron chi connectivity index (χ1n) is 8.54. The Balaban J connectivity index is 1.97. The first-order valence-corrected chi connectivity index (χ1v) is 8.54. The summed E-state index contributed by atoms with van der Waals surface area (Å²) in [6.07, 6.45) is 13.2. The number of nitrogens with one attached hydrogen (secondary N) is 1. The molecule has 0 aliphatic heterocycles. The van der Waals surface area contributed by atoms with Gasteiger partial charge in [-0.1, -0.05) is 38.5 Å². The molecule has 2 saturated carbocycles. The Kier molecular flexibility index (Phi) is 4.04. The standard InChI is InChI=1S/C17H29N3/c1-13-14(2)20(16-11-7-4-8-12-16)17(18)19(13)15-9-5-3-6-10-15/h15-16,18H,3-12H2,1-2H3. The molecule has 2 aliphatic rings. The lowest BCUT2D eigenvalue weighted by molar-refractivity contribution is 0.311. The van der Waals surface area contributed by atoms with Crippen molar-refractivity contribution in [3.05, 3.63) is 17.0 Å². The third kappa shape index (κ3) is 2.36. The lowest BCUT2D eigenvalue weighted by Crippen LogP contribution is -2.32. The maximum Gasteiger partial charge on any atom is 0.202 e. The van der Waals surface area contributed by atoms with Gasteiger partial charge in [-0.05, 0) is 39.5 Å². The van der Waals surface area contributed by atoms with E-state index in [9.17, 15) is 0 Å². The molecular formula is C17H29N3. The summed E-state index contributed by atoms with van der Waals surface area (Å²) >= 11 is 0. The Morgan fingerprint density at radius 3 is 1.40 bits per heavy atom. The van der Waals surface area contributed by atoms with Crippen LogP contribution in [0.2, 0.25) is 0 Å². The highest BCUT2D eigenvalue weighted by molar-refractivity contribution is 5.13. The summed E-state index contributed by atoms with van der Waals surface area (Å²) in [4.78, 5) is 0. The fraction of sp³-hybridized carbons (Fsp3) is 0.824. The van der Waals surface area contributed by atoms with E-state index in [4.69, 9.17) is 5.41 Å². The summed E-state index contributed by atoms with van der Waals surface area (Å²) in [6, 6.07) is 1.17. The number of imidazole rings is 1. The van der Waals surface area contributed by atoms with Crippen molar-refractivity contribution >= 4 is 0 Å². The topological polar surface area (TPSA) is 33.7 Å². The second-order valence-electron chi connectivity index (χ2n) is 6.82. The first-order chi connectivity index (χ1) is 9.70. The van der Waals surface area contributed by atoms with Crippen molar-refractivity contribution in [1.29, 1.82) is 5.41 Å². The maximum atomic E-state index is 8.71. The summed E-state index contributed by atoms with van der Waals surface area (Å²) in [5.41, 5.74) is 3.46. The summed E-state index contributed by atoms with van der Waals surface area (Å²) in [5.74, 6) is 0. The highest BCUT2D eigenvalue weighted by Crippen LogP contribution is 2.32. The second-order valence-corrected chi connectivity index (χ2v) is 6.82. The first kappa shape index (κ1) is 14.0. The molecule has 112 valence electrons. The van der Waals surface area contributed by atoms with Crippen molar-refractivity contribution in [3.63, 3.8) is 0 Å². The van der Waals surface area contributed by atoms with E-state index in [1.165, 1.54) is 75.6 Å². The maximum absolute atomic E-state index is 8.71. The van der Waals surface area contributed by atoms with E-state index < -0.39 is 0 Å². The van der Waals surface area contributed by atoms with E-state index in [0.717, 1.165) is 5.62 Å². The van der Waals surface area contributed by atoms with Crippen LogP contribution in [0, 0.1) is 19.3 Å². The molecule has 0 bridgehead atoms. The third-order valence-electron chi connectivity index (χ3n) is 5.58. The fourth-order valence-electron chi connectivity index (χ4n) is 4.35. The summed E-state index contributed by atoms with van der Waals surface area (Å²) in [6.45, 7) is 4.45. The van der Waals surface area contributed by atoms with Crippen molar-refractivity contribution in [2.24, 2.45) is 0 Å². The van der Waals surface area contributed by atoms with Crippen LogP contribution in [0.25, 0.3) is 0 Å². The quantitative estimate of drug-likeness (QED) is 0.830. The zero-order valence-electron chi connectivity index (χ0n) is 13.1. The van der Waals surface area contributed by atoms with Crippen LogP contribution in [-0.2, 0) is 0 Å². The number of nitrogens with zero attached hydrogens (tertiary/aromatic N) is 2. The third-order valence-corrected chi connectivity index (χ3v) is 5.58. The minimum atomic E-state index is 0.583. The zero-order valence-corrected chi connectivity index (χ0v) is 13.1. The van der Waals surface area contributed by atoms with Gasteiger partial charge in [0, 0.05) is 23.5 Å². The van der Waals surface area contributed by atoms with E-state index >= 15 is 0 Å². The van der Waals surface area contributed by atoms with E-state index in [1.54, 1.807) is 0 Å². The van der Waals surface area contributed by atoms with Crippen LogP contribution in [0.3, 0.4) is 0 Å². The van der Waals surface area contributed by atoms with Crippen LogP contribution in [0.5, 0.6) is 0 Å². The highest BCUT2D eigenvalue weighted by atomic mass is 15.2. The SMILES string of the molecule is Cc1c(C)n(C2CCCCC2)c(=N)n1C1CCCCC1. The van der Waals surface area contributed by atoms with Gasteiger partial charge in [0.1, 0.15) is 0 Å². The summed E-state index contributed by atoms with van der Waals surface area (Å²) in [5, 5.41) is 8.71. The molecule has 0 unspecified atom stereocenters. The number of aromatic nitrogens is 2. The van der Waals surface area contributed by atoms with Gasteiger partial charge < -0.3 is 9.13 Å². The molecule has 1 N–H and O–H groups in total. The molecule has 0 saturated heterocycles. The molecule has 2 aliphatic carbocycles. The van der Waals surface area contributed by atoms with Crippen molar-refractivity contribution in [2.45, 2.75) is 90.1 Å². The second kappa shape index (κ2) is 5.79. The Morgan fingerprint density at radius 2 is 1.05 bits per heavy atom. The smallest absolute Gasteiger partial charge is 0.202 e. The lowest BCUT2D eigenvalue weighted by Gasteiger charge is -2.26. The molecule has 3 rings (SSSR count). The van der Waals surface area contributed by atoms with Crippen LogP contribution < -0.4 is 5.62 Å². The Labute approximate surface area is 122 Å². The van der Waals surface area contributed by atoms with Crippen molar-refractivity contribution in [3.8, 4) is 0 Å². The monoisotopic (exact) mass is 275 g/mol. The largest absolute Gasteiger partial charge is 0.312 e.